The molecule has 3 rings (SSSR count). The van der Waals surface area contributed by atoms with Crippen molar-refractivity contribution in [1.82, 2.24) is 24.4 Å². The van der Waals surface area contributed by atoms with Gasteiger partial charge in [-0.05, 0) is 33.6 Å². The number of piperidine rings is 1. The Balaban J connectivity index is 1.87. The molecule has 1 aliphatic heterocycles. The van der Waals surface area contributed by atoms with E-state index in [1.54, 1.807) is 17.0 Å². The fourth-order valence-corrected chi connectivity index (χ4v) is 2.99. The molecule has 1 fully saturated rings. The van der Waals surface area contributed by atoms with Crippen molar-refractivity contribution in [2.75, 3.05) is 13.1 Å². The fourth-order valence-electron chi connectivity index (χ4n) is 2.99. The third kappa shape index (κ3) is 2.24. The molecule has 2 aromatic rings. The van der Waals surface area contributed by atoms with Crippen molar-refractivity contribution in [3.8, 4) is 0 Å². The molecule has 3 heterocycles. The SMILES string of the molecule is CC(C)(C)N1CCC(n2c(=O)[nH]c3nccnc32)CC1. The van der Waals surface area contributed by atoms with Crippen LogP contribution in [0.1, 0.15) is 39.7 Å². The molecule has 20 heavy (non-hydrogen) atoms. The van der Waals surface area contributed by atoms with E-state index in [-0.39, 0.29) is 17.3 Å². The predicted octanol–water partition coefficient (Wildman–Crippen LogP) is 1.55. The maximum absolute atomic E-state index is 12.1. The molecule has 0 aromatic carbocycles. The van der Waals surface area contributed by atoms with Crippen LogP contribution < -0.4 is 5.69 Å². The highest BCUT2D eigenvalue weighted by atomic mass is 16.1. The first-order valence-electron chi connectivity index (χ1n) is 7.13. The zero-order valence-electron chi connectivity index (χ0n) is 12.3. The van der Waals surface area contributed by atoms with Crippen LogP contribution in [0.2, 0.25) is 0 Å². The lowest BCUT2D eigenvalue weighted by Gasteiger charge is -2.40. The summed E-state index contributed by atoms with van der Waals surface area (Å²) in [6.45, 7) is 8.71. The monoisotopic (exact) mass is 275 g/mol. The van der Waals surface area contributed by atoms with Gasteiger partial charge in [0.25, 0.3) is 0 Å². The van der Waals surface area contributed by atoms with Gasteiger partial charge in [-0.15, -0.1) is 0 Å². The van der Waals surface area contributed by atoms with Crippen LogP contribution in [0, 0.1) is 0 Å². The number of nitrogens with one attached hydrogen (secondary N) is 1. The Bertz CT molecular complexity index is 658. The molecule has 1 saturated heterocycles. The molecule has 0 unspecified atom stereocenters. The molecule has 1 aliphatic rings. The second kappa shape index (κ2) is 4.70. The highest BCUT2D eigenvalue weighted by Crippen LogP contribution is 2.27. The highest BCUT2D eigenvalue weighted by Gasteiger charge is 2.29. The van der Waals surface area contributed by atoms with Crippen LogP contribution in [0.3, 0.4) is 0 Å². The summed E-state index contributed by atoms with van der Waals surface area (Å²) in [5.41, 5.74) is 1.35. The van der Waals surface area contributed by atoms with Crippen molar-refractivity contribution in [1.29, 1.82) is 0 Å². The third-order valence-corrected chi connectivity index (χ3v) is 4.13. The van der Waals surface area contributed by atoms with Crippen molar-refractivity contribution in [2.45, 2.75) is 45.2 Å². The second-order valence-electron chi connectivity index (χ2n) is 6.42. The standard InChI is InChI=1S/C14H21N5O/c1-14(2,3)18-8-4-10(5-9-18)19-12-11(17-13(19)20)15-6-7-16-12/h6-7,10H,4-5,8-9H2,1-3H3,(H,15,17,20). The Morgan fingerprint density at radius 2 is 1.85 bits per heavy atom. The minimum Gasteiger partial charge on any atom is -0.298 e. The van der Waals surface area contributed by atoms with E-state index >= 15 is 0 Å². The van der Waals surface area contributed by atoms with Gasteiger partial charge in [0.15, 0.2) is 11.3 Å². The van der Waals surface area contributed by atoms with Crippen LogP contribution in [0.5, 0.6) is 0 Å². The minimum absolute atomic E-state index is 0.0968. The molecular formula is C14H21N5O. The minimum atomic E-state index is -0.0968. The highest BCUT2D eigenvalue weighted by molar-refractivity contribution is 5.64. The van der Waals surface area contributed by atoms with E-state index in [1.807, 2.05) is 0 Å². The number of likely N-dealkylation sites (tertiary alicyclic amines) is 1. The first-order chi connectivity index (χ1) is 9.47. The van der Waals surface area contributed by atoms with Crippen LogP contribution in [0.4, 0.5) is 0 Å². The van der Waals surface area contributed by atoms with Crippen LogP contribution in [0.15, 0.2) is 17.2 Å². The number of hydrogen-bond acceptors (Lipinski definition) is 4. The number of aromatic amines is 1. The largest absolute Gasteiger partial charge is 0.329 e. The lowest BCUT2D eigenvalue weighted by Crippen LogP contribution is -2.47. The van der Waals surface area contributed by atoms with Crippen molar-refractivity contribution in [2.24, 2.45) is 0 Å². The predicted molar refractivity (Wildman–Crippen MR) is 77.7 cm³/mol. The van der Waals surface area contributed by atoms with Gasteiger partial charge in [-0.2, -0.15) is 0 Å². The van der Waals surface area contributed by atoms with Gasteiger partial charge in [-0.3, -0.25) is 14.5 Å². The van der Waals surface area contributed by atoms with Gasteiger partial charge in [-0.25, -0.2) is 14.8 Å². The van der Waals surface area contributed by atoms with Crippen molar-refractivity contribution >= 4 is 11.3 Å². The van der Waals surface area contributed by atoms with Gasteiger partial charge in [0.05, 0.1) is 0 Å². The van der Waals surface area contributed by atoms with Crippen molar-refractivity contribution in [3.05, 3.63) is 22.9 Å². The second-order valence-corrected chi connectivity index (χ2v) is 6.42. The number of imidazole rings is 1. The Morgan fingerprint density at radius 1 is 1.20 bits per heavy atom. The first-order valence-corrected chi connectivity index (χ1v) is 7.13. The summed E-state index contributed by atoms with van der Waals surface area (Å²) >= 11 is 0. The number of nitrogens with zero attached hydrogens (tertiary/aromatic N) is 4. The van der Waals surface area contributed by atoms with Gasteiger partial charge in [0, 0.05) is 37.1 Å². The van der Waals surface area contributed by atoms with E-state index in [1.165, 1.54) is 0 Å². The van der Waals surface area contributed by atoms with Gasteiger partial charge in [0.1, 0.15) is 0 Å². The molecule has 1 N–H and O–H groups in total. The summed E-state index contributed by atoms with van der Waals surface area (Å²) in [7, 11) is 0. The lowest BCUT2D eigenvalue weighted by molar-refractivity contribution is 0.0899. The molecular weight excluding hydrogens is 254 g/mol. The number of fused-ring (bicyclic) bond motifs is 1. The molecule has 108 valence electrons. The van der Waals surface area contributed by atoms with Gasteiger partial charge in [-0.1, -0.05) is 0 Å². The molecule has 6 heteroatoms. The van der Waals surface area contributed by atoms with E-state index in [0.29, 0.717) is 11.3 Å². The van der Waals surface area contributed by atoms with Crippen LogP contribution >= 0.6 is 0 Å². The van der Waals surface area contributed by atoms with E-state index in [2.05, 4.69) is 40.6 Å². The number of rotatable bonds is 1. The number of aromatic nitrogens is 4. The lowest BCUT2D eigenvalue weighted by atomic mass is 9.98. The topological polar surface area (TPSA) is 66.8 Å². The molecule has 0 saturated carbocycles. The Hall–Kier alpha value is -1.69. The van der Waals surface area contributed by atoms with Gasteiger partial charge in [0.2, 0.25) is 0 Å². The van der Waals surface area contributed by atoms with Crippen molar-refractivity contribution in [3.63, 3.8) is 0 Å². The summed E-state index contributed by atoms with van der Waals surface area (Å²) in [4.78, 5) is 25.8. The number of H-pyrrole nitrogens is 1. The fraction of sp³-hybridized carbons (Fsp3) is 0.643. The molecule has 0 atom stereocenters. The third-order valence-electron chi connectivity index (χ3n) is 4.13. The van der Waals surface area contributed by atoms with E-state index in [0.717, 1.165) is 25.9 Å². The van der Waals surface area contributed by atoms with Crippen molar-refractivity contribution < 1.29 is 0 Å². The maximum Gasteiger partial charge on any atom is 0.329 e. The molecule has 0 spiro atoms. The average Bonchev–Trinajstić information content (AvgIpc) is 2.73. The summed E-state index contributed by atoms with van der Waals surface area (Å²) in [6.07, 6.45) is 5.18. The van der Waals surface area contributed by atoms with E-state index < -0.39 is 0 Å². The first kappa shape index (κ1) is 13.3. The summed E-state index contributed by atoms with van der Waals surface area (Å²) in [6, 6.07) is 0.214. The Morgan fingerprint density at radius 3 is 2.50 bits per heavy atom. The molecule has 0 aliphatic carbocycles. The van der Waals surface area contributed by atoms with Crippen LogP contribution in [-0.2, 0) is 0 Å². The summed E-state index contributed by atoms with van der Waals surface area (Å²) < 4.78 is 1.78. The average molecular weight is 275 g/mol. The maximum atomic E-state index is 12.1. The van der Waals surface area contributed by atoms with E-state index in [4.69, 9.17) is 0 Å². The Labute approximate surface area is 117 Å². The van der Waals surface area contributed by atoms with Gasteiger partial charge < -0.3 is 0 Å². The normalized spacial score (nSPS) is 18.8. The van der Waals surface area contributed by atoms with E-state index in [9.17, 15) is 4.79 Å². The molecule has 2 aromatic heterocycles. The molecule has 6 nitrogen and oxygen atoms in total. The molecule has 0 amide bonds. The Kier molecular flexibility index (Phi) is 3.12. The molecule has 0 bridgehead atoms. The number of hydrogen-bond donors (Lipinski definition) is 1. The van der Waals surface area contributed by atoms with Gasteiger partial charge >= 0.3 is 5.69 Å². The summed E-state index contributed by atoms with van der Waals surface area (Å²) in [5.74, 6) is 0. The smallest absolute Gasteiger partial charge is 0.298 e. The summed E-state index contributed by atoms with van der Waals surface area (Å²) in [5, 5.41) is 0. The zero-order chi connectivity index (χ0) is 14.3. The quantitative estimate of drug-likeness (QED) is 0.857. The van der Waals surface area contributed by atoms with Crippen LogP contribution in [-0.4, -0.2) is 43.0 Å². The van der Waals surface area contributed by atoms with Crippen LogP contribution in [0.25, 0.3) is 11.3 Å². The molecule has 0 radical (unpaired) electrons. The zero-order valence-corrected chi connectivity index (χ0v) is 12.3.